The second-order valence-electron chi connectivity index (χ2n) is 14.4. The van der Waals surface area contributed by atoms with Crippen LogP contribution in [0.3, 0.4) is 0 Å². The molecule has 0 spiro atoms. The van der Waals surface area contributed by atoms with Crippen LogP contribution in [0.15, 0.2) is 0 Å². The lowest BCUT2D eigenvalue weighted by Gasteiger charge is -2.16. The molecule has 0 aromatic rings. The highest BCUT2D eigenvalue weighted by atomic mass is 16.6. The van der Waals surface area contributed by atoms with Crippen LogP contribution in [-0.4, -0.2) is 90.5 Å². The molecule has 302 valence electrons. The van der Waals surface area contributed by atoms with Gasteiger partial charge in [0.1, 0.15) is 6.10 Å². The molecule has 7 heteroatoms. The Balaban J connectivity index is 3.23. The molecule has 0 aliphatic rings. The fourth-order valence-corrected chi connectivity index (χ4v) is 6.20. The molecule has 0 saturated carbocycles. The number of aliphatic hydroxyl groups excluding tert-OH is 1. The number of unbranched alkanes of at least 4 members (excludes halogenated alkanes) is 26. The highest BCUT2D eigenvalue weighted by Crippen LogP contribution is 2.14. The first-order chi connectivity index (χ1) is 24.8. The third-order valence-electron chi connectivity index (χ3n) is 9.49. The second-order valence-corrected chi connectivity index (χ2v) is 14.4. The number of aliphatic hydroxyl groups is 1. The van der Waals surface area contributed by atoms with E-state index >= 15 is 0 Å². The molecular formula is C43H88O7. The van der Waals surface area contributed by atoms with Crippen LogP contribution in [0.4, 0.5) is 0 Å². The zero-order valence-corrected chi connectivity index (χ0v) is 33.8. The maximum atomic E-state index is 9.55. The number of ether oxygens (including phenoxy) is 6. The van der Waals surface area contributed by atoms with Crippen LogP contribution < -0.4 is 0 Å². The van der Waals surface area contributed by atoms with Gasteiger partial charge in [0.05, 0.1) is 66.1 Å². The Morgan fingerprint density at radius 2 is 0.560 bits per heavy atom. The average molecular weight is 717 g/mol. The van der Waals surface area contributed by atoms with Crippen molar-refractivity contribution >= 4 is 0 Å². The molecule has 0 heterocycles. The van der Waals surface area contributed by atoms with E-state index in [0.29, 0.717) is 59.5 Å². The van der Waals surface area contributed by atoms with Gasteiger partial charge < -0.3 is 33.5 Å². The molecule has 0 aromatic carbocycles. The van der Waals surface area contributed by atoms with Gasteiger partial charge >= 0.3 is 0 Å². The van der Waals surface area contributed by atoms with Gasteiger partial charge in [-0.05, 0) is 12.8 Å². The van der Waals surface area contributed by atoms with Crippen molar-refractivity contribution in [2.45, 2.75) is 200 Å². The standard InChI is InChI=1S/C43H88O7/c1-3-5-7-9-11-13-15-17-19-21-23-25-27-29-31-45-33-35-47-37-38-49-42-43(41-44)50-40-39-48-36-34-46-32-30-28-26-24-22-20-18-16-14-12-10-8-6-4-2/h43-44H,3-42H2,1-2H3. The quantitative estimate of drug-likeness (QED) is 0.0628. The van der Waals surface area contributed by atoms with E-state index < -0.39 is 0 Å². The number of hydrogen-bond acceptors (Lipinski definition) is 7. The van der Waals surface area contributed by atoms with Crippen molar-refractivity contribution in [3.63, 3.8) is 0 Å². The van der Waals surface area contributed by atoms with Crippen molar-refractivity contribution in [1.29, 1.82) is 0 Å². The van der Waals surface area contributed by atoms with Gasteiger partial charge in [0.15, 0.2) is 0 Å². The largest absolute Gasteiger partial charge is 0.394 e. The average Bonchev–Trinajstić information content (AvgIpc) is 3.13. The van der Waals surface area contributed by atoms with Gasteiger partial charge in [-0.1, -0.05) is 181 Å². The lowest BCUT2D eigenvalue weighted by molar-refractivity contribution is -0.0700. The highest BCUT2D eigenvalue weighted by Gasteiger charge is 2.08. The molecular weight excluding hydrogens is 628 g/mol. The van der Waals surface area contributed by atoms with Crippen LogP contribution in [0, 0.1) is 0 Å². The normalized spacial score (nSPS) is 12.3. The summed E-state index contributed by atoms with van der Waals surface area (Å²) in [7, 11) is 0. The van der Waals surface area contributed by atoms with Crippen molar-refractivity contribution in [2.24, 2.45) is 0 Å². The van der Waals surface area contributed by atoms with Crippen molar-refractivity contribution in [1.82, 2.24) is 0 Å². The van der Waals surface area contributed by atoms with E-state index in [1.807, 2.05) is 0 Å². The summed E-state index contributed by atoms with van der Waals surface area (Å²) < 4.78 is 33.9. The summed E-state index contributed by atoms with van der Waals surface area (Å²) in [6, 6.07) is 0. The van der Waals surface area contributed by atoms with E-state index in [0.717, 1.165) is 26.1 Å². The van der Waals surface area contributed by atoms with Gasteiger partial charge in [0.2, 0.25) is 0 Å². The third kappa shape index (κ3) is 43.9. The molecule has 1 unspecified atom stereocenters. The molecule has 0 aromatic heterocycles. The fourth-order valence-electron chi connectivity index (χ4n) is 6.20. The van der Waals surface area contributed by atoms with Crippen LogP contribution in [-0.2, 0) is 28.4 Å². The van der Waals surface area contributed by atoms with Crippen molar-refractivity contribution < 1.29 is 33.5 Å². The minimum absolute atomic E-state index is 0.0732. The molecule has 0 rings (SSSR count). The minimum atomic E-state index is -0.344. The Hall–Kier alpha value is -0.280. The van der Waals surface area contributed by atoms with E-state index in [4.69, 9.17) is 28.4 Å². The summed E-state index contributed by atoms with van der Waals surface area (Å²) in [4.78, 5) is 0. The minimum Gasteiger partial charge on any atom is -0.394 e. The molecule has 0 radical (unpaired) electrons. The van der Waals surface area contributed by atoms with Gasteiger partial charge in [0.25, 0.3) is 0 Å². The summed E-state index contributed by atoms with van der Waals surface area (Å²) in [5.41, 5.74) is 0. The second kappa shape index (κ2) is 46.7. The van der Waals surface area contributed by atoms with Gasteiger partial charge in [-0.2, -0.15) is 0 Å². The summed E-state index contributed by atoms with van der Waals surface area (Å²) >= 11 is 0. The van der Waals surface area contributed by atoms with Crippen LogP contribution in [0.25, 0.3) is 0 Å². The molecule has 50 heavy (non-hydrogen) atoms. The van der Waals surface area contributed by atoms with Gasteiger partial charge in [0, 0.05) is 13.2 Å². The monoisotopic (exact) mass is 717 g/mol. The molecule has 0 aliphatic carbocycles. The van der Waals surface area contributed by atoms with Crippen molar-refractivity contribution in [2.75, 3.05) is 79.3 Å². The molecule has 0 amide bonds. The van der Waals surface area contributed by atoms with Crippen LogP contribution in [0.5, 0.6) is 0 Å². The zero-order chi connectivity index (χ0) is 36.1. The third-order valence-corrected chi connectivity index (χ3v) is 9.49. The first kappa shape index (κ1) is 49.7. The number of rotatable bonds is 46. The SMILES string of the molecule is CCCCCCCCCCCCCCCCOCCOCCOCC(CO)OCCOCCOCCCCCCCCCCCCCCCC. The topological polar surface area (TPSA) is 75.6 Å². The maximum Gasteiger partial charge on any atom is 0.104 e. The smallest absolute Gasteiger partial charge is 0.104 e. The number of hydrogen-bond donors (Lipinski definition) is 1. The van der Waals surface area contributed by atoms with Crippen molar-refractivity contribution in [3.8, 4) is 0 Å². The Bertz CT molecular complexity index is 579. The Morgan fingerprint density at radius 3 is 0.880 bits per heavy atom. The van der Waals surface area contributed by atoms with E-state index in [2.05, 4.69) is 13.8 Å². The first-order valence-electron chi connectivity index (χ1n) is 22.0. The zero-order valence-electron chi connectivity index (χ0n) is 33.8. The summed E-state index contributed by atoms with van der Waals surface area (Å²) in [5, 5.41) is 9.55. The molecule has 1 atom stereocenters. The van der Waals surface area contributed by atoms with Crippen LogP contribution in [0.1, 0.15) is 194 Å². The Morgan fingerprint density at radius 1 is 0.300 bits per heavy atom. The highest BCUT2D eigenvalue weighted by molar-refractivity contribution is 4.54. The van der Waals surface area contributed by atoms with Gasteiger partial charge in [-0.25, -0.2) is 0 Å². The van der Waals surface area contributed by atoms with Gasteiger partial charge in [-0.3, -0.25) is 0 Å². The van der Waals surface area contributed by atoms with Crippen LogP contribution >= 0.6 is 0 Å². The fraction of sp³-hybridized carbons (Fsp3) is 1.00. The maximum absolute atomic E-state index is 9.55. The van der Waals surface area contributed by atoms with E-state index in [9.17, 15) is 5.11 Å². The predicted molar refractivity (Wildman–Crippen MR) is 212 cm³/mol. The lowest BCUT2D eigenvalue weighted by atomic mass is 10.0. The lowest BCUT2D eigenvalue weighted by Crippen LogP contribution is -2.26. The van der Waals surface area contributed by atoms with E-state index in [1.54, 1.807) is 0 Å². The molecule has 0 saturated heterocycles. The molecule has 0 bridgehead atoms. The summed E-state index contributed by atoms with van der Waals surface area (Å²) in [6.07, 6.45) is 38.1. The van der Waals surface area contributed by atoms with Gasteiger partial charge in [-0.15, -0.1) is 0 Å². The van der Waals surface area contributed by atoms with Crippen LogP contribution in [0.2, 0.25) is 0 Å². The summed E-state index contributed by atoms with van der Waals surface area (Å²) in [5.74, 6) is 0. The first-order valence-corrected chi connectivity index (χ1v) is 22.0. The molecule has 7 nitrogen and oxygen atoms in total. The van der Waals surface area contributed by atoms with E-state index in [1.165, 1.54) is 167 Å². The predicted octanol–water partition coefficient (Wildman–Crippen LogP) is 11.4. The summed E-state index contributed by atoms with van der Waals surface area (Å²) in [6.45, 7) is 10.8. The molecule has 1 N–H and O–H groups in total. The van der Waals surface area contributed by atoms with E-state index in [-0.39, 0.29) is 12.7 Å². The Kier molecular flexibility index (Phi) is 46.5. The molecule has 0 fully saturated rings. The molecule has 0 aliphatic heterocycles. The Labute approximate surface area is 312 Å². The van der Waals surface area contributed by atoms with Crippen molar-refractivity contribution in [3.05, 3.63) is 0 Å².